The lowest BCUT2D eigenvalue weighted by Crippen LogP contribution is -2.46. The van der Waals surface area contributed by atoms with Crippen molar-refractivity contribution in [2.24, 2.45) is 0 Å². The number of nitrogens with zero attached hydrogens (tertiary/aromatic N) is 5. The van der Waals surface area contributed by atoms with Crippen molar-refractivity contribution in [2.75, 3.05) is 31.1 Å². The first kappa shape index (κ1) is 15.0. The highest BCUT2D eigenvalue weighted by Crippen LogP contribution is 2.29. The van der Waals surface area contributed by atoms with Gasteiger partial charge in [0.15, 0.2) is 0 Å². The second-order valence-electron chi connectivity index (χ2n) is 5.85. The summed E-state index contributed by atoms with van der Waals surface area (Å²) in [5.41, 5.74) is 2.26. The number of thiazole rings is 1. The molecule has 5 nitrogen and oxygen atoms in total. The predicted octanol–water partition coefficient (Wildman–Crippen LogP) is 3.09. The lowest BCUT2D eigenvalue weighted by Gasteiger charge is -2.35. The third-order valence-electron chi connectivity index (χ3n) is 4.12. The number of fused-ring (bicyclic) bond motifs is 1. The van der Waals surface area contributed by atoms with Crippen molar-refractivity contribution in [1.82, 2.24) is 19.9 Å². The Hall–Kier alpha value is -1.57. The average molecular weight is 345 g/mol. The van der Waals surface area contributed by atoms with Crippen LogP contribution >= 0.6 is 22.7 Å². The molecule has 0 spiro atoms. The Morgan fingerprint density at radius 3 is 2.61 bits per heavy atom. The van der Waals surface area contributed by atoms with E-state index in [1.165, 1.54) is 10.4 Å². The molecule has 1 aliphatic rings. The summed E-state index contributed by atoms with van der Waals surface area (Å²) in [6, 6.07) is 2.08. The zero-order valence-electron chi connectivity index (χ0n) is 13.3. The highest BCUT2D eigenvalue weighted by Gasteiger charge is 2.21. The van der Waals surface area contributed by atoms with Crippen LogP contribution < -0.4 is 4.90 Å². The second-order valence-corrected chi connectivity index (χ2v) is 7.83. The van der Waals surface area contributed by atoms with Crippen LogP contribution in [0.5, 0.6) is 0 Å². The van der Waals surface area contributed by atoms with E-state index in [9.17, 15) is 0 Å². The Bertz CT molecular complexity index is 817. The maximum absolute atomic E-state index is 4.71. The molecular formula is C16H19N5S2. The van der Waals surface area contributed by atoms with Crippen molar-refractivity contribution in [3.8, 4) is 0 Å². The number of hydrogen-bond donors (Lipinski definition) is 0. The van der Waals surface area contributed by atoms with Gasteiger partial charge in [0.05, 0.1) is 20.9 Å². The fourth-order valence-electron chi connectivity index (χ4n) is 3.00. The zero-order valence-corrected chi connectivity index (χ0v) is 15.0. The van der Waals surface area contributed by atoms with Gasteiger partial charge in [0, 0.05) is 38.1 Å². The number of rotatable bonds is 3. The van der Waals surface area contributed by atoms with Crippen LogP contribution in [0.15, 0.2) is 16.8 Å². The molecule has 0 radical (unpaired) electrons. The minimum Gasteiger partial charge on any atom is -0.353 e. The quantitative estimate of drug-likeness (QED) is 0.730. The van der Waals surface area contributed by atoms with E-state index in [2.05, 4.69) is 43.5 Å². The summed E-state index contributed by atoms with van der Waals surface area (Å²) in [7, 11) is 0. The lowest BCUT2D eigenvalue weighted by molar-refractivity contribution is 0.247. The van der Waals surface area contributed by atoms with Crippen molar-refractivity contribution in [3.05, 3.63) is 33.4 Å². The second kappa shape index (κ2) is 6.14. The molecule has 0 aromatic carbocycles. The summed E-state index contributed by atoms with van der Waals surface area (Å²) < 4.78 is 1.21. The first-order valence-corrected chi connectivity index (χ1v) is 9.55. The summed E-state index contributed by atoms with van der Waals surface area (Å²) in [4.78, 5) is 18.7. The van der Waals surface area contributed by atoms with Crippen molar-refractivity contribution >= 4 is 38.7 Å². The van der Waals surface area contributed by atoms with E-state index >= 15 is 0 Å². The number of piperazine rings is 1. The molecular weight excluding hydrogens is 326 g/mol. The molecule has 23 heavy (non-hydrogen) atoms. The van der Waals surface area contributed by atoms with Crippen LogP contribution in [0.2, 0.25) is 0 Å². The van der Waals surface area contributed by atoms with E-state index in [1.807, 2.05) is 6.92 Å². The standard InChI is InChI=1S/C16H19N5S2/c1-11-17-14-3-8-22-15(14)16(18-11)21-6-4-20(5-7-21)9-13-10-23-12(2)19-13/h3,8,10H,4-7,9H2,1-2H3. The maximum atomic E-state index is 4.71. The zero-order chi connectivity index (χ0) is 15.8. The van der Waals surface area contributed by atoms with Gasteiger partial charge in [0.2, 0.25) is 0 Å². The summed E-state index contributed by atoms with van der Waals surface area (Å²) in [6.07, 6.45) is 0. The molecule has 4 heterocycles. The van der Waals surface area contributed by atoms with Gasteiger partial charge in [-0.25, -0.2) is 15.0 Å². The molecule has 0 amide bonds. The van der Waals surface area contributed by atoms with E-state index in [0.717, 1.165) is 54.9 Å². The SMILES string of the molecule is Cc1nc(N2CCN(Cc3csc(C)n3)CC2)c2sccc2n1. The molecule has 4 rings (SSSR count). The van der Waals surface area contributed by atoms with Crippen LogP contribution in [-0.2, 0) is 6.54 Å². The molecule has 3 aromatic rings. The Morgan fingerprint density at radius 2 is 1.87 bits per heavy atom. The van der Waals surface area contributed by atoms with Gasteiger partial charge in [-0.15, -0.1) is 22.7 Å². The van der Waals surface area contributed by atoms with Crippen LogP contribution in [0.4, 0.5) is 5.82 Å². The minimum atomic E-state index is 0.853. The third kappa shape index (κ3) is 3.08. The minimum absolute atomic E-state index is 0.853. The number of aryl methyl sites for hydroxylation is 2. The Morgan fingerprint density at radius 1 is 1.04 bits per heavy atom. The van der Waals surface area contributed by atoms with Crippen LogP contribution in [0, 0.1) is 13.8 Å². The van der Waals surface area contributed by atoms with Gasteiger partial charge in [-0.3, -0.25) is 4.90 Å². The van der Waals surface area contributed by atoms with E-state index in [1.54, 1.807) is 22.7 Å². The average Bonchev–Trinajstić information content (AvgIpc) is 3.16. The van der Waals surface area contributed by atoms with Crippen molar-refractivity contribution in [1.29, 1.82) is 0 Å². The molecule has 0 aliphatic carbocycles. The van der Waals surface area contributed by atoms with Crippen LogP contribution in [0.3, 0.4) is 0 Å². The molecule has 0 N–H and O–H groups in total. The van der Waals surface area contributed by atoms with E-state index in [4.69, 9.17) is 4.98 Å². The fourth-order valence-corrected chi connectivity index (χ4v) is 4.45. The summed E-state index contributed by atoms with van der Waals surface area (Å²) in [5.74, 6) is 1.96. The highest BCUT2D eigenvalue weighted by atomic mass is 32.1. The molecule has 0 unspecified atom stereocenters. The Kier molecular flexibility index (Phi) is 4.00. The van der Waals surface area contributed by atoms with Gasteiger partial charge in [-0.05, 0) is 25.3 Å². The number of hydrogen-bond acceptors (Lipinski definition) is 7. The predicted molar refractivity (Wildman–Crippen MR) is 96.5 cm³/mol. The molecule has 0 bridgehead atoms. The molecule has 7 heteroatoms. The first-order valence-electron chi connectivity index (χ1n) is 7.79. The molecule has 3 aromatic heterocycles. The molecule has 120 valence electrons. The van der Waals surface area contributed by atoms with Gasteiger partial charge < -0.3 is 4.90 Å². The lowest BCUT2D eigenvalue weighted by atomic mass is 10.3. The first-order chi connectivity index (χ1) is 11.2. The smallest absolute Gasteiger partial charge is 0.150 e. The largest absolute Gasteiger partial charge is 0.353 e. The van der Waals surface area contributed by atoms with Crippen LogP contribution in [0.1, 0.15) is 16.5 Å². The van der Waals surface area contributed by atoms with Gasteiger partial charge in [0.25, 0.3) is 0 Å². The van der Waals surface area contributed by atoms with E-state index in [0.29, 0.717) is 0 Å². The van der Waals surface area contributed by atoms with Crippen molar-refractivity contribution in [3.63, 3.8) is 0 Å². The van der Waals surface area contributed by atoms with Crippen LogP contribution in [0.25, 0.3) is 10.2 Å². The van der Waals surface area contributed by atoms with E-state index < -0.39 is 0 Å². The number of anilines is 1. The molecule has 1 aliphatic heterocycles. The topological polar surface area (TPSA) is 45.2 Å². The number of thiophene rings is 1. The molecule has 1 fully saturated rings. The normalized spacial score (nSPS) is 16.3. The monoisotopic (exact) mass is 345 g/mol. The van der Waals surface area contributed by atoms with E-state index in [-0.39, 0.29) is 0 Å². The Balaban J connectivity index is 1.47. The summed E-state index contributed by atoms with van der Waals surface area (Å²) in [6.45, 7) is 9.10. The third-order valence-corrected chi connectivity index (χ3v) is 5.84. The van der Waals surface area contributed by atoms with Crippen molar-refractivity contribution in [2.45, 2.75) is 20.4 Å². The van der Waals surface area contributed by atoms with Gasteiger partial charge >= 0.3 is 0 Å². The molecule has 0 atom stereocenters. The fraction of sp³-hybridized carbons (Fsp3) is 0.438. The van der Waals surface area contributed by atoms with Crippen molar-refractivity contribution < 1.29 is 0 Å². The van der Waals surface area contributed by atoms with Gasteiger partial charge in [0.1, 0.15) is 11.6 Å². The highest BCUT2D eigenvalue weighted by molar-refractivity contribution is 7.17. The summed E-state index contributed by atoms with van der Waals surface area (Å²) >= 11 is 3.46. The Labute approximate surface area is 143 Å². The molecule has 1 saturated heterocycles. The van der Waals surface area contributed by atoms with Crippen LogP contribution in [-0.4, -0.2) is 46.0 Å². The van der Waals surface area contributed by atoms with Gasteiger partial charge in [-0.2, -0.15) is 0 Å². The molecule has 0 saturated carbocycles. The van der Waals surface area contributed by atoms with Gasteiger partial charge in [-0.1, -0.05) is 0 Å². The maximum Gasteiger partial charge on any atom is 0.150 e. The number of aromatic nitrogens is 3. The summed E-state index contributed by atoms with van der Waals surface area (Å²) in [5, 5.41) is 5.42.